The summed E-state index contributed by atoms with van der Waals surface area (Å²) in [5.74, 6) is -0.912. The van der Waals surface area contributed by atoms with Crippen molar-refractivity contribution in [1.82, 2.24) is 4.40 Å². The van der Waals surface area contributed by atoms with E-state index in [0.29, 0.717) is 5.56 Å². The van der Waals surface area contributed by atoms with E-state index in [1.165, 1.54) is 24.0 Å². The van der Waals surface area contributed by atoms with Crippen LogP contribution in [-0.4, -0.2) is 15.5 Å². The molecule has 2 aromatic heterocycles. The van der Waals surface area contributed by atoms with Crippen molar-refractivity contribution >= 4 is 17.2 Å². The van der Waals surface area contributed by atoms with Crippen molar-refractivity contribution in [3.05, 3.63) is 59.3 Å². The number of hydrogen-bond donors (Lipinski definition) is 2. The fraction of sp³-hybridized carbons (Fsp3) is 0.211. The van der Waals surface area contributed by atoms with Gasteiger partial charge in [0.2, 0.25) is 0 Å². The van der Waals surface area contributed by atoms with Crippen molar-refractivity contribution in [1.29, 1.82) is 0 Å². The average Bonchev–Trinajstić information content (AvgIpc) is 2.92. The highest BCUT2D eigenvalue weighted by molar-refractivity contribution is 5.89. The number of nitrogen functional groups attached to an aromatic ring is 1. The molecule has 0 saturated heterocycles. The summed E-state index contributed by atoms with van der Waals surface area (Å²) >= 11 is 0. The Labute approximate surface area is 134 Å². The number of aromatic nitrogens is 1. The van der Waals surface area contributed by atoms with E-state index >= 15 is 0 Å². The lowest BCUT2D eigenvalue weighted by Gasteiger charge is -2.18. The quantitative estimate of drug-likeness (QED) is 0.757. The van der Waals surface area contributed by atoms with E-state index in [1.807, 2.05) is 18.2 Å². The number of carboxylic acid groups (broad SMARTS) is 1. The number of rotatable bonds is 2. The minimum atomic E-state index is -0.912. The van der Waals surface area contributed by atoms with Gasteiger partial charge in [0, 0.05) is 6.20 Å². The van der Waals surface area contributed by atoms with Crippen molar-refractivity contribution in [3.8, 4) is 11.3 Å². The molecule has 0 unspecified atom stereocenters. The first-order chi connectivity index (χ1) is 11.1. The first kappa shape index (κ1) is 13.9. The van der Waals surface area contributed by atoms with Crippen LogP contribution in [0.5, 0.6) is 0 Å². The van der Waals surface area contributed by atoms with Gasteiger partial charge in [-0.15, -0.1) is 0 Å². The van der Waals surface area contributed by atoms with Crippen LogP contribution in [-0.2, 0) is 12.8 Å². The first-order valence-electron chi connectivity index (χ1n) is 7.90. The Bertz CT molecular complexity index is 907. The molecule has 0 amide bonds. The van der Waals surface area contributed by atoms with Gasteiger partial charge in [0.1, 0.15) is 0 Å². The Hall–Kier alpha value is -2.75. The number of nitrogens with two attached hydrogens (primary N) is 1. The largest absolute Gasteiger partial charge is 0.478 e. The summed E-state index contributed by atoms with van der Waals surface area (Å²) in [6, 6.07) is 11.1. The first-order valence-corrected chi connectivity index (χ1v) is 7.90. The number of pyridine rings is 1. The number of nitrogens with zero attached hydrogens (tertiary/aromatic N) is 1. The molecule has 0 fully saturated rings. The molecule has 116 valence electrons. The monoisotopic (exact) mass is 306 g/mol. The van der Waals surface area contributed by atoms with Gasteiger partial charge in [0.05, 0.1) is 22.5 Å². The van der Waals surface area contributed by atoms with E-state index in [0.717, 1.165) is 35.3 Å². The van der Waals surface area contributed by atoms with Crippen LogP contribution in [0.3, 0.4) is 0 Å². The number of aromatic carboxylic acids is 1. The number of anilines is 1. The second-order valence-corrected chi connectivity index (χ2v) is 6.11. The molecule has 0 atom stereocenters. The number of benzene rings is 1. The second kappa shape index (κ2) is 5.16. The number of carbonyl (C=O) groups is 1. The Morgan fingerprint density at radius 3 is 2.57 bits per heavy atom. The van der Waals surface area contributed by atoms with Crippen LogP contribution in [0.15, 0.2) is 42.6 Å². The molecule has 2 heterocycles. The van der Waals surface area contributed by atoms with Crippen molar-refractivity contribution in [2.45, 2.75) is 25.7 Å². The lowest BCUT2D eigenvalue weighted by Crippen LogP contribution is -2.06. The lowest BCUT2D eigenvalue weighted by molar-refractivity contribution is 0.0697. The van der Waals surface area contributed by atoms with E-state index in [4.69, 9.17) is 10.8 Å². The zero-order valence-corrected chi connectivity index (χ0v) is 12.7. The van der Waals surface area contributed by atoms with Crippen LogP contribution in [0.25, 0.3) is 16.8 Å². The highest BCUT2D eigenvalue weighted by Gasteiger charge is 2.17. The highest BCUT2D eigenvalue weighted by Crippen LogP contribution is 2.34. The predicted octanol–water partition coefficient (Wildman–Crippen LogP) is 3.77. The molecule has 0 saturated carbocycles. The van der Waals surface area contributed by atoms with Gasteiger partial charge >= 0.3 is 5.97 Å². The summed E-state index contributed by atoms with van der Waals surface area (Å²) in [6.45, 7) is 0. The molecule has 3 N–H and O–H groups in total. The normalized spacial score (nSPS) is 13.9. The maximum atomic E-state index is 11.0. The number of carboxylic acids is 1. The molecular formula is C19H18N2O2. The van der Waals surface area contributed by atoms with E-state index in [1.54, 1.807) is 12.1 Å². The molecule has 1 aromatic carbocycles. The van der Waals surface area contributed by atoms with Crippen LogP contribution in [0.2, 0.25) is 0 Å². The third kappa shape index (κ3) is 2.18. The summed E-state index contributed by atoms with van der Waals surface area (Å²) in [6.07, 6.45) is 6.73. The smallest absolute Gasteiger partial charge is 0.335 e. The van der Waals surface area contributed by atoms with Crippen LogP contribution in [0.4, 0.5) is 5.69 Å². The second-order valence-electron chi connectivity index (χ2n) is 6.11. The number of fused-ring (bicyclic) bond motifs is 3. The summed E-state index contributed by atoms with van der Waals surface area (Å²) in [5, 5.41) is 9.03. The molecule has 1 aliphatic carbocycles. The molecule has 0 bridgehead atoms. The Morgan fingerprint density at radius 1 is 1.09 bits per heavy atom. The maximum Gasteiger partial charge on any atom is 0.335 e. The average molecular weight is 306 g/mol. The van der Waals surface area contributed by atoms with Crippen LogP contribution >= 0.6 is 0 Å². The minimum Gasteiger partial charge on any atom is -0.478 e. The highest BCUT2D eigenvalue weighted by atomic mass is 16.4. The SMILES string of the molecule is Nc1cc(-c2ccc(C(=O)O)cc2)n2ccc3c(c12)CCCC3. The van der Waals surface area contributed by atoms with Gasteiger partial charge in [0.25, 0.3) is 0 Å². The van der Waals surface area contributed by atoms with Gasteiger partial charge in [-0.05, 0) is 66.6 Å². The van der Waals surface area contributed by atoms with Crippen molar-refractivity contribution in [3.63, 3.8) is 0 Å². The zero-order chi connectivity index (χ0) is 16.0. The van der Waals surface area contributed by atoms with Crippen molar-refractivity contribution < 1.29 is 9.90 Å². The molecule has 0 aliphatic heterocycles. The van der Waals surface area contributed by atoms with E-state index in [2.05, 4.69) is 16.7 Å². The van der Waals surface area contributed by atoms with Crippen LogP contribution in [0.1, 0.15) is 34.3 Å². The molecule has 4 rings (SSSR count). The molecule has 0 spiro atoms. The third-order valence-corrected chi connectivity index (χ3v) is 4.71. The van der Waals surface area contributed by atoms with Gasteiger partial charge in [-0.1, -0.05) is 12.1 Å². The van der Waals surface area contributed by atoms with E-state index < -0.39 is 5.97 Å². The predicted molar refractivity (Wildman–Crippen MR) is 90.8 cm³/mol. The van der Waals surface area contributed by atoms with E-state index in [-0.39, 0.29) is 0 Å². The molecule has 4 heteroatoms. The Balaban J connectivity index is 1.89. The molecule has 4 nitrogen and oxygen atoms in total. The Morgan fingerprint density at radius 2 is 1.83 bits per heavy atom. The number of hydrogen-bond acceptors (Lipinski definition) is 2. The molecular weight excluding hydrogens is 288 g/mol. The van der Waals surface area contributed by atoms with Gasteiger partial charge in [0.15, 0.2) is 0 Å². The fourth-order valence-corrected chi connectivity index (χ4v) is 3.57. The molecule has 3 aromatic rings. The van der Waals surface area contributed by atoms with Crippen molar-refractivity contribution in [2.24, 2.45) is 0 Å². The number of aryl methyl sites for hydroxylation is 2. The zero-order valence-electron chi connectivity index (χ0n) is 12.7. The standard InChI is InChI=1S/C19H18N2O2/c20-16-11-17(13-5-7-14(8-6-13)19(22)23)21-10-9-12-3-1-2-4-15(12)18(16)21/h5-11H,1-4,20H2,(H,22,23). The summed E-state index contributed by atoms with van der Waals surface area (Å²) in [4.78, 5) is 11.0. The van der Waals surface area contributed by atoms with Gasteiger partial charge in [-0.3, -0.25) is 0 Å². The molecule has 0 radical (unpaired) electrons. The van der Waals surface area contributed by atoms with Gasteiger partial charge in [-0.2, -0.15) is 0 Å². The van der Waals surface area contributed by atoms with Crippen molar-refractivity contribution in [2.75, 3.05) is 5.73 Å². The minimum absolute atomic E-state index is 0.292. The summed E-state index contributed by atoms with van der Waals surface area (Å²) in [7, 11) is 0. The van der Waals surface area contributed by atoms with Crippen LogP contribution < -0.4 is 5.73 Å². The Kier molecular flexibility index (Phi) is 3.11. The molecule has 1 aliphatic rings. The summed E-state index contributed by atoms with van der Waals surface area (Å²) in [5.41, 5.74) is 13.2. The van der Waals surface area contributed by atoms with Crippen LogP contribution in [0, 0.1) is 0 Å². The van der Waals surface area contributed by atoms with Gasteiger partial charge in [-0.25, -0.2) is 4.79 Å². The topological polar surface area (TPSA) is 67.7 Å². The van der Waals surface area contributed by atoms with E-state index in [9.17, 15) is 4.79 Å². The molecule has 23 heavy (non-hydrogen) atoms. The summed E-state index contributed by atoms with van der Waals surface area (Å²) < 4.78 is 2.13. The third-order valence-electron chi connectivity index (χ3n) is 4.71. The maximum absolute atomic E-state index is 11.0. The fourth-order valence-electron chi connectivity index (χ4n) is 3.57. The lowest BCUT2D eigenvalue weighted by atomic mass is 9.92. The van der Waals surface area contributed by atoms with Gasteiger partial charge < -0.3 is 15.2 Å².